The molecule has 0 bridgehead atoms. The van der Waals surface area contributed by atoms with Crippen LogP contribution in [0.15, 0.2) is 0 Å². The highest BCUT2D eigenvalue weighted by molar-refractivity contribution is 6.21. The third-order valence-electron chi connectivity index (χ3n) is 2.22. The molecule has 0 aliphatic heterocycles. The Morgan fingerprint density at radius 3 is 2.23 bits per heavy atom. The van der Waals surface area contributed by atoms with Crippen molar-refractivity contribution >= 4 is 11.6 Å². The number of hydrogen-bond donors (Lipinski definition) is 0. The van der Waals surface area contributed by atoms with Crippen molar-refractivity contribution in [1.82, 2.24) is 4.90 Å². The van der Waals surface area contributed by atoms with Crippen molar-refractivity contribution in [3.05, 3.63) is 0 Å². The Kier molecular flexibility index (Phi) is 6.70. The zero-order valence-electron chi connectivity index (χ0n) is 9.06. The molecule has 0 rings (SSSR count). The van der Waals surface area contributed by atoms with Gasteiger partial charge in [0, 0.05) is 6.04 Å². The van der Waals surface area contributed by atoms with Gasteiger partial charge in [0.05, 0.1) is 11.5 Å². The lowest BCUT2D eigenvalue weighted by Gasteiger charge is -2.28. The van der Waals surface area contributed by atoms with E-state index in [0.29, 0.717) is 12.5 Å². The van der Waals surface area contributed by atoms with Gasteiger partial charge in [-0.1, -0.05) is 13.3 Å². The number of alkyl halides is 2. The van der Waals surface area contributed by atoms with E-state index in [1.165, 1.54) is 0 Å². The second kappa shape index (κ2) is 6.61. The van der Waals surface area contributed by atoms with Gasteiger partial charge >= 0.3 is 0 Å². The van der Waals surface area contributed by atoms with E-state index in [1.54, 1.807) is 6.92 Å². The minimum atomic E-state index is -0.804. The summed E-state index contributed by atoms with van der Waals surface area (Å²) in [4.78, 5) is 2.09. The molecular weight excluding hydrogens is 189 g/mol. The highest BCUT2D eigenvalue weighted by Crippen LogP contribution is 2.19. The fraction of sp³-hybridized carbons (Fsp3) is 1.00. The number of rotatable bonds is 6. The van der Waals surface area contributed by atoms with E-state index in [2.05, 4.69) is 11.8 Å². The lowest BCUT2D eigenvalue weighted by molar-refractivity contribution is 0.235. The third kappa shape index (κ3) is 5.48. The van der Waals surface area contributed by atoms with Crippen molar-refractivity contribution in [2.45, 2.75) is 50.7 Å². The van der Waals surface area contributed by atoms with Crippen molar-refractivity contribution in [1.29, 1.82) is 0 Å². The summed E-state index contributed by atoms with van der Waals surface area (Å²) in [5.74, 6) is 0. The maximum atomic E-state index is 12.7. The van der Waals surface area contributed by atoms with Crippen LogP contribution < -0.4 is 0 Å². The monoisotopic (exact) mass is 209 g/mol. The van der Waals surface area contributed by atoms with Crippen molar-refractivity contribution in [3.8, 4) is 0 Å². The van der Waals surface area contributed by atoms with Crippen molar-refractivity contribution in [3.63, 3.8) is 0 Å². The van der Waals surface area contributed by atoms with E-state index in [-0.39, 0.29) is 5.38 Å². The predicted octanol–water partition coefficient (Wildman–Crippen LogP) is 3.07. The second-order valence-electron chi connectivity index (χ2n) is 3.85. The van der Waals surface area contributed by atoms with Gasteiger partial charge in [-0.2, -0.15) is 0 Å². The summed E-state index contributed by atoms with van der Waals surface area (Å²) in [6.07, 6.45) is 1.77. The Labute approximate surface area is 86.3 Å². The normalized spacial score (nSPS) is 18.7. The van der Waals surface area contributed by atoms with E-state index in [9.17, 15) is 4.39 Å². The first-order chi connectivity index (χ1) is 5.99. The van der Waals surface area contributed by atoms with Gasteiger partial charge in [-0.3, -0.25) is 0 Å². The number of halogens is 2. The molecule has 1 nitrogen and oxygen atoms in total. The molecule has 3 atom stereocenters. The molecule has 3 heteroatoms. The van der Waals surface area contributed by atoms with Crippen LogP contribution in [-0.2, 0) is 0 Å². The standard InChI is InChI=1S/C10H21ClFN/c1-5-6-10(13(3)4)9(11)7-8(2)12/h8-10H,5-7H2,1-4H3. The molecule has 0 N–H and O–H groups in total. The van der Waals surface area contributed by atoms with Crippen molar-refractivity contribution < 1.29 is 4.39 Å². The highest BCUT2D eigenvalue weighted by Gasteiger charge is 2.22. The fourth-order valence-electron chi connectivity index (χ4n) is 1.53. The molecule has 0 aliphatic carbocycles. The SMILES string of the molecule is CCCC(C(Cl)CC(C)F)N(C)C. The van der Waals surface area contributed by atoms with Crippen molar-refractivity contribution in [2.75, 3.05) is 14.1 Å². The van der Waals surface area contributed by atoms with Crippen LogP contribution in [0.2, 0.25) is 0 Å². The molecule has 80 valence electrons. The summed E-state index contributed by atoms with van der Waals surface area (Å²) < 4.78 is 12.7. The van der Waals surface area contributed by atoms with E-state index in [4.69, 9.17) is 11.6 Å². The first-order valence-corrected chi connectivity index (χ1v) is 5.37. The van der Waals surface area contributed by atoms with E-state index in [1.807, 2.05) is 14.1 Å². The zero-order chi connectivity index (χ0) is 10.4. The van der Waals surface area contributed by atoms with Crippen molar-refractivity contribution in [2.24, 2.45) is 0 Å². The predicted molar refractivity (Wildman–Crippen MR) is 57.2 cm³/mol. The van der Waals surface area contributed by atoms with E-state index < -0.39 is 6.17 Å². The van der Waals surface area contributed by atoms with Crippen LogP contribution in [0.25, 0.3) is 0 Å². The van der Waals surface area contributed by atoms with Gasteiger partial charge in [-0.15, -0.1) is 11.6 Å². The molecule has 0 saturated carbocycles. The molecular formula is C10H21ClFN. The summed E-state index contributed by atoms with van der Waals surface area (Å²) in [6, 6.07) is 0.296. The number of nitrogens with zero attached hydrogens (tertiary/aromatic N) is 1. The maximum absolute atomic E-state index is 12.7. The highest BCUT2D eigenvalue weighted by atomic mass is 35.5. The van der Waals surface area contributed by atoms with Gasteiger partial charge < -0.3 is 4.90 Å². The summed E-state index contributed by atoms with van der Waals surface area (Å²) in [5, 5.41) is -0.0741. The van der Waals surface area contributed by atoms with Crippen LogP contribution in [0.3, 0.4) is 0 Å². The molecule has 0 aromatic carbocycles. The summed E-state index contributed by atoms with van der Waals surface area (Å²) >= 11 is 6.13. The molecule has 0 heterocycles. The lowest BCUT2D eigenvalue weighted by Crippen LogP contribution is -2.37. The first-order valence-electron chi connectivity index (χ1n) is 4.93. The topological polar surface area (TPSA) is 3.24 Å². The molecule has 0 aliphatic rings. The van der Waals surface area contributed by atoms with Gasteiger partial charge in [0.15, 0.2) is 0 Å². The lowest BCUT2D eigenvalue weighted by atomic mass is 10.0. The minimum absolute atomic E-state index is 0.0741. The first kappa shape index (κ1) is 13.2. The van der Waals surface area contributed by atoms with Crippen LogP contribution >= 0.6 is 11.6 Å². The summed E-state index contributed by atoms with van der Waals surface area (Å²) in [7, 11) is 4.00. The van der Waals surface area contributed by atoms with Crippen LogP contribution in [0.5, 0.6) is 0 Å². The summed E-state index contributed by atoms with van der Waals surface area (Å²) in [5.41, 5.74) is 0. The second-order valence-corrected chi connectivity index (χ2v) is 4.41. The van der Waals surface area contributed by atoms with Gasteiger partial charge in [0.1, 0.15) is 0 Å². The Morgan fingerprint density at radius 2 is 1.92 bits per heavy atom. The van der Waals surface area contributed by atoms with Crippen LogP contribution in [0.4, 0.5) is 4.39 Å². The van der Waals surface area contributed by atoms with Gasteiger partial charge in [0.25, 0.3) is 0 Å². The Morgan fingerprint density at radius 1 is 1.38 bits per heavy atom. The average Bonchev–Trinajstić information content (AvgIpc) is 1.97. The molecule has 0 fully saturated rings. The smallest absolute Gasteiger partial charge is 0.0988 e. The molecule has 0 aromatic rings. The van der Waals surface area contributed by atoms with Crippen LogP contribution in [0, 0.1) is 0 Å². The molecule has 0 spiro atoms. The molecule has 0 amide bonds. The van der Waals surface area contributed by atoms with Gasteiger partial charge in [-0.25, -0.2) is 4.39 Å². The minimum Gasteiger partial charge on any atom is -0.305 e. The largest absolute Gasteiger partial charge is 0.305 e. The maximum Gasteiger partial charge on any atom is 0.0988 e. The number of hydrogen-bond acceptors (Lipinski definition) is 1. The quantitative estimate of drug-likeness (QED) is 0.608. The Bertz CT molecular complexity index is 128. The Balaban J connectivity index is 4.02. The zero-order valence-corrected chi connectivity index (χ0v) is 9.81. The molecule has 13 heavy (non-hydrogen) atoms. The van der Waals surface area contributed by atoms with Crippen LogP contribution in [0.1, 0.15) is 33.1 Å². The molecule has 0 aromatic heterocycles. The Hall–Kier alpha value is 0.180. The van der Waals surface area contributed by atoms with Crippen LogP contribution in [-0.4, -0.2) is 36.6 Å². The van der Waals surface area contributed by atoms with E-state index in [0.717, 1.165) is 12.8 Å². The third-order valence-corrected chi connectivity index (χ3v) is 2.68. The summed E-state index contributed by atoms with van der Waals surface area (Å²) in [6.45, 7) is 3.69. The average molecular weight is 210 g/mol. The molecule has 0 saturated heterocycles. The van der Waals surface area contributed by atoms with Gasteiger partial charge in [-0.05, 0) is 33.9 Å². The van der Waals surface area contributed by atoms with E-state index >= 15 is 0 Å². The van der Waals surface area contributed by atoms with Gasteiger partial charge in [0.2, 0.25) is 0 Å². The molecule has 3 unspecified atom stereocenters. The molecule has 0 radical (unpaired) electrons. The fourth-order valence-corrected chi connectivity index (χ4v) is 2.12.